The molecule has 1 amide bonds. The number of hydrogen-bond donors (Lipinski definition) is 1. The lowest BCUT2D eigenvalue weighted by Gasteiger charge is -2.30. The van der Waals surface area contributed by atoms with Crippen LogP contribution in [-0.2, 0) is 4.79 Å². The van der Waals surface area contributed by atoms with E-state index in [0.717, 1.165) is 37.2 Å². The molecule has 0 bridgehead atoms. The number of aryl methyl sites for hydroxylation is 1. The van der Waals surface area contributed by atoms with Crippen LogP contribution in [0.2, 0.25) is 0 Å². The number of hydrogen-bond acceptors (Lipinski definition) is 4. The first kappa shape index (κ1) is 15.3. The number of benzene rings is 1. The van der Waals surface area contributed by atoms with Gasteiger partial charge in [0, 0.05) is 30.9 Å². The fraction of sp³-hybridized carbons (Fsp3) is 0.533. The predicted octanol–water partition coefficient (Wildman–Crippen LogP) is 2.72. The zero-order chi connectivity index (χ0) is 15.4. The van der Waals surface area contributed by atoms with Crippen molar-refractivity contribution in [1.29, 1.82) is 0 Å². The summed E-state index contributed by atoms with van der Waals surface area (Å²) in [6.07, 6.45) is 3.32. The Morgan fingerprint density at radius 3 is 2.57 bits per heavy atom. The monoisotopic (exact) mass is 291 g/mol. The molecule has 0 saturated carbocycles. The van der Waals surface area contributed by atoms with E-state index in [1.807, 2.05) is 11.8 Å². The average Bonchev–Trinajstić information content (AvgIpc) is 2.49. The quantitative estimate of drug-likeness (QED) is 0.683. The standard InChI is InChI=1S/C15H21N3O3/c1-11-10-13(18(20)21)6-7-14(11)16-12(2)15(19)17-8-4-3-5-9-17/h6-7,10,12,16H,3-5,8-9H2,1-2H3. The molecule has 1 aromatic carbocycles. The van der Waals surface area contributed by atoms with Crippen LogP contribution in [0.25, 0.3) is 0 Å². The predicted molar refractivity (Wildman–Crippen MR) is 81.3 cm³/mol. The normalized spacial score (nSPS) is 16.4. The molecule has 1 saturated heterocycles. The van der Waals surface area contributed by atoms with Crippen LogP contribution in [0.3, 0.4) is 0 Å². The summed E-state index contributed by atoms with van der Waals surface area (Å²) in [5.74, 6) is 0.0902. The minimum atomic E-state index is -0.418. The van der Waals surface area contributed by atoms with Crippen molar-refractivity contribution in [2.45, 2.75) is 39.2 Å². The van der Waals surface area contributed by atoms with Gasteiger partial charge in [-0.3, -0.25) is 14.9 Å². The van der Waals surface area contributed by atoms with Crippen LogP contribution in [0.5, 0.6) is 0 Å². The molecule has 21 heavy (non-hydrogen) atoms. The summed E-state index contributed by atoms with van der Waals surface area (Å²) in [5, 5.41) is 13.9. The van der Waals surface area contributed by atoms with E-state index >= 15 is 0 Å². The molecule has 1 heterocycles. The first-order valence-corrected chi connectivity index (χ1v) is 7.29. The second-order valence-corrected chi connectivity index (χ2v) is 5.51. The van der Waals surface area contributed by atoms with Crippen LogP contribution in [0.15, 0.2) is 18.2 Å². The van der Waals surface area contributed by atoms with Gasteiger partial charge in [-0.15, -0.1) is 0 Å². The van der Waals surface area contributed by atoms with E-state index in [-0.39, 0.29) is 17.6 Å². The molecule has 1 N–H and O–H groups in total. The van der Waals surface area contributed by atoms with Crippen molar-refractivity contribution < 1.29 is 9.72 Å². The Balaban J connectivity index is 2.03. The van der Waals surface area contributed by atoms with Crippen molar-refractivity contribution in [3.63, 3.8) is 0 Å². The smallest absolute Gasteiger partial charge is 0.269 e. The third-order valence-electron chi connectivity index (χ3n) is 3.83. The van der Waals surface area contributed by atoms with E-state index in [2.05, 4.69) is 5.32 Å². The maximum Gasteiger partial charge on any atom is 0.269 e. The maximum atomic E-state index is 12.3. The highest BCUT2D eigenvalue weighted by Gasteiger charge is 2.22. The van der Waals surface area contributed by atoms with E-state index < -0.39 is 4.92 Å². The number of nitrogens with zero attached hydrogens (tertiary/aromatic N) is 2. The zero-order valence-electron chi connectivity index (χ0n) is 12.5. The van der Waals surface area contributed by atoms with Crippen molar-refractivity contribution in [3.05, 3.63) is 33.9 Å². The molecule has 1 atom stereocenters. The fourth-order valence-corrected chi connectivity index (χ4v) is 2.61. The summed E-state index contributed by atoms with van der Waals surface area (Å²) in [6.45, 7) is 5.28. The lowest BCUT2D eigenvalue weighted by Crippen LogP contribution is -2.43. The van der Waals surface area contributed by atoms with Crippen LogP contribution in [0.4, 0.5) is 11.4 Å². The largest absolute Gasteiger partial charge is 0.374 e. The number of nitro groups is 1. The number of anilines is 1. The first-order valence-electron chi connectivity index (χ1n) is 7.29. The Labute approximate surface area is 124 Å². The van der Waals surface area contributed by atoms with Crippen molar-refractivity contribution in [2.75, 3.05) is 18.4 Å². The highest BCUT2D eigenvalue weighted by atomic mass is 16.6. The van der Waals surface area contributed by atoms with Gasteiger partial charge >= 0.3 is 0 Å². The highest BCUT2D eigenvalue weighted by Crippen LogP contribution is 2.22. The first-order chi connectivity index (χ1) is 9.99. The molecule has 2 rings (SSSR count). The lowest BCUT2D eigenvalue weighted by atomic mass is 10.1. The molecule has 1 aromatic rings. The van der Waals surface area contributed by atoms with Gasteiger partial charge in [0.1, 0.15) is 6.04 Å². The Bertz CT molecular complexity index is 539. The summed E-state index contributed by atoms with van der Waals surface area (Å²) >= 11 is 0. The van der Waals surface area contributed by atoms with Crippen molar-refractivity contribution in [1.82, 2.24) is 4.90 Å². The molecule has 114 valence electrons. The average molecular weight is 291 g/mol. The number of nitro benzene ring substituents is 1. The van der Waals surface area contributed by atoms with Crippen molar-refractivity contribution in [3.8, 4) is 0 Å². The van der Waals surface area contributed by atoms with Crippen LogP contribution in [-0.4, -0.2) is 34.9 Å². The second kappa shape index (κ2) is 6.56. The maximum absolute atomic E-state index is 12.3. The Hall–Kier alpha value is -2.11. The summed E-state index contributed by atoms with van der Waals surface area (Å²) in [5.41, 5.74) is 1.59. The van der Waals surface area contributed by atoms with Crippen LogP contribution >= 0.6 is 0 Å². The van der Waals surface area contributed by atoms with E-state index in [0.29, 0.717) is 0 Å². The molecule has 6 heteroatoms. The molecule has 1 aliphatic rings. The molecule has 0 spiro atoms. The van der Waals surface area contributed by atoms with Gasteiger partial charge in [0.05, 0.1) is 4.92 Å². The van der Waals surface area contributed by atoms with E-state index in [1.54, 1.807) is 13.0 Å². The van der Waals surface area contributed by atoms with E-state index in [9.17, 15) is 14.9 Å². The van der Waals surface area contributed by atoms with Gasteiger partial charge < -0.3 is 10.2 Å². The van der Waals surface area contributed by atoms with Crippen LogP contribution in [0, 0.1) is 17.0 Å². The van der Waals surface area contributed by atoms with Crippen molar-refractivity contribution in [2.24, 2.45) is 0 Å². The summed E-state index contributed by atoms with van der Waals surface area (Å²) in [4.78, 5) is 24.5. The van der Waals surface area contributed by atoms with Gasteiger partial charge in [-0.2, -0.15) is 0 Å². The molecule has 1 fully saturated rings. The topological polar surface area (TPSA) is 75.5 Å². The number of rotatable bonds is 4. The van der Waals surface area contributed by atoms with Gasteiger partial charge in [0.15, 0.2) is 0 Å². The number of nitrogens with one attached hydrogen (secondary N) is 1. The lowest BCUT2D eigenvalue weighted by molar-refractivity contribution is -0.384. The zero-order valence-corrected chi connectivity index (χ0v) is 12.5. The van der Waals surface area contributed by atoms with E-state index in [1.165, 1.54) is 18.6 Å². The third kappa shape index (κ3) is 3.71. The number of non-ortho nitro benzene ring substituents is 1. The van der Waals surface area contributed by atoms with Gasteiger partial charge in [-0.1, -0.05) is 0 Å². The Morgan fingerprint density at radius 2 is 2.00 bits per heavy atom. The minimum Gasteiger partial charge on any atom is -0.374 e. The third-order valence-corrected chi connectivity index (χ3v) is 3.83. The second-order valence-electron chi connectivity index (χ2n) is 5.51. The molecular formula is C15H21N3O3. The Morgan fingerprint density at radius 1 is 1.33 bits per heavy atom. The number of carbonyl (C=O) groups is 1. The summed E-state index contributed by atoms with van der Waals surface area (Å²) in [6, 6.07) is 4.30. The fourth-order valence-electron chi connectivity index (χ4n) is 2.61. The van der Waals surface area contributed by atoms with Crippen molar-refractivity contribution >= 4 is 17.3 Å². The molecule has 0 aliphatic carbocycles. The molecular weight excluding hydrogens is 270 g/mol. The molecule has 6 nitrogen and oxygen atoms in total. The van der Waals surface area contributed by atoms with Crippen LogP contribution < -0.4 is 5.32 Å². The molecule has 0 aromatic heterocycles. The minimum absolute atomic E-state index is 0.0630. The van der Waals surface area contributed by atoms with Gasteiger partial charge in [-0.05, 0) is 44.7 Å². The molecule has 1 aliphatic heterocycles. The van der Waals surface area contributed by atoms with Gasteiger partial charge in [0.25, 0.3) is 5.69 Å². The summed E-state index contributed by atoms with van der Waals surface area (Å²) < 4.78 is 0. The van der Waals surface area contributed by atoms with Gasteiger partial charge in [0.2, 0.25) is 5.91 Å². The number of likely N-dealkylation sites (tertiary alicyclic amines) is 1. The SMILES string of the molecule is Cc1cc([N+](=O)[O-])ccc1NC(C)C(=O)N1CCCCC1. The van der Waals surface area contributed by atoms with Gasteiger partial charge in [-0.25, -0.2) is 0 Å². The number of amides is 1. The van der Waals surface area contributed by atoms with E-state index in [4.69, 9.17) is 0 Å². The highest BCUT2D eigenvalue weighted by molar-refractivity contribution is 5.84. The number of piperidine rings is 1. The summed E-state index contributed by atoms with van der Waals surface area (Å²) in [7, 11) is 0. The Kier molecular flexibility index (Phi) is 4.77. The molecule has 1 unspecified atom stereocenters. The number of carbonyl (C=O) groups excluding carboxylic acids is 1. The van der Waals surface area contributed by atoms with Crippen LogP contribution in [0.1, 0.15) is 31.7 Å². The molecule has 0 radical (unpaired) electrons.